The highest BCUT2D eigenvalue weighted by molar-refractivity contribution is 5.57. The van der Waals surface area contributed by atoms with Crippen LogP contribution < -0.4 is 5.73 Å². The summed E-state index contributed by atoms with van der Waals surface area (Å²) in [6, 6.07) is 0.904. The first-order valence-corrected chi connectivity index (χ1v) is 6.29. The molecule has 0 radical (unpaired) electrons. The smallest absolute Gasteiger partial charge is 0.137 e. The van der Waals surface area contributed by atoms with E-state index in [1.165, 1.54) is 32.1 Å². The van der Waals surface area contributed by atoms with Crippen LogP contribution in [0, 0.1) is 0 Å². The van der Waals surface area contributed by atoms with Gasteiger partial charge in [-0.05, 0) is 32.2 Å². The highest BCUT2D eigenvalue weighted by Gasteiger charge is 2.33. The van der Waals surface area contributed by atoms with Crippen molar-refractivity contribution in [3.05, 3.63) is 0 Å². The van der Waals surface area contributed by atoms with Crippen LogP contribution >= 0.6 is 0 Å². The monoisotopic (exact) mass is 210 g/mol. The standard InChI is InChI=1S/C12H22N2O/c13-11-6-1-2-7-12(11)14-8-4-3-5-10(14)9-15/h9-12H,1-8,13H2. The average molecular weight is 210 g/mol. The summed E-state index contributed by atoms with van der Waals surface area (Å²) in [7, 11) is 0. The number of aldehydes is 1. The summed E-state index contributed by atoms with van der Waals surface area (Å²) in [5.41, 5.74) is 6.17. The Labute approximate surface area is 92.0 Å². The van der Waals surface area contributed by atoms with Crippen LogP contribution in [0.15, 0.2) is 0 Å². The molecule has 3 atom stereocenters. The summed E-state index contributed by atoms with van der Waals surface area (Å²) in [5, 5.41) is 0. The van der Waals surface area contributed by atoms with Crippen molar-refractivity contribution < 1.29 is 4.79 Å². The Hall–Kier alpha value is -0.410. The zero-order valence-electron chi connectivity index (χ0n) is 9.40. The van der Waals surface area contributed by atoms with Crippen LogP contribution in [0.2, 0.25) is 0 Å². The summed E-state index contributed by atoms with van der Waals surface area (Å²) in [5.74, 6) is 0. The van der Waals surface area contributed by atoms with Crippen molar-refractivity contribution in [2.75, 3.05) is 6.54 Å². The first-order chi connectivity index (χ1) is 7.33. The maximum atomic E-state index is 11.0. The topological polar surface area (TPSA) is 46.3 Å². The van der Waals surface area contributed by atoms with Gasteiger partial charge in [-0.3, -0.25) is 4.90 Å². The maximum absolute atomic E-state index is 11.0. The van der Waals surface area contributed by atoms with Gasteiger partial charge in [0.15, 0.2) is 0 Å². The lowest BCUT2D eigenvalue weighted by molar-refractivity contribution is -0.115. The molecule has 3 unspecified atom stereocenters. The predicted octanol–water partition coefficient (Wildman–Crippen LogP) is 1.31. The summed E-state index contributed by atoms with van der Waals surface area (Å²) < 4.78 is 0. The molecule has 3 nitrogen and oxygen atoms in total. The molecule has 1 saturated carbocycles. The molecule has 2 aliphatic rings. The van der Waals surface area contributed by atoms with Gasteiger partial charge in [-0.1, -0.05) is 19.3 Å². The van der Waals surface area contributed by atoms with Gasteiger partial charge >= 0.3 is 0 Å². The molecule has 0 amide bonds. The predicted molar refractivity (Wildman–Crippen MR) is 60.6 cm³/mol. The Morgan fingerprint density at radius 1 is 1.07 bits per heavy atom. The van der Waals surface area contributed by atoms with E-state index in [9.17, 15) is 4.79 Å². The third kappa shape index (κ3) is 2.40. The van der Waals surface area contributed by atoms with E-state index in [2.05, 4.69) is 4.90 Å². The number of carbonyl (C=O) groups is 1. The molecule has 0 aromatic carbocycles. The molecule has 3 heteroatoms. The first kappa shape index (κ1) is 11.1. The molecule has 1 aliphatic heterocycles. The van der Waals surface area contributed by atoms with Crippen molar-refractivity contribution in [2.24, 2.45) is 5.73 Å². The number of nitrogens with zero attached hydrogens (tertiary/aromatic N) is 1. The van der Waals surface area contributed by atoms with Crippen molar-refractivity contribution in [1.82, 2.24) is 4.90 Å². The lowest BCUT2D eigenvalue weighted by Gasteiger charge is -2.43. The largest absolute Gasteiger partial charge is 0.326 e. The van der Waals surface area contributed by atoms with E-state index in [1.807, 2.05) is 0 Å². The zero-order chi connectivity index (χ0) is 10.7. The number of piperidine rings is 1. The van der Waals surface area contributed by atoms with Crippen LogP contribution in [0.3, 0.4) is 0 Å². The molecule has 0 bridgehead atoms. The molecule has 1 heterocycles. The van der Waals surface area contributed by atoms with Crippen LogP contribution in [-0.4, -0.2) is 35.9 Å². The molecule has 1 saturated heterocycles. The number of hydrogen-bond donors (Lipinski definition) is 1. The Kier molecular flexibility index (Phi) is 3.76. The number of carbonyl (C=O) groups excluding carboxylic acids is 1. The van der Waals surface area contributed by atoms with Crippen LogP contribution in [0.25, 0.3) is 0 Å². The number of nitrogens with two attached hydrogens (primary N) is 1. The Morgan fingerprint density at radius 2 is 1.80 bits per heavy atom. The van der Waals surface area contributed by atoms with Crippen molar-refractivity contribution in [1.29, 1.82) is 0 Å². The third-order valence-electron chi connectivity index (χ3n) is 3.96. The second kappa shape index (κ2) is 5.08. The second-order valence-corrected chi connectivity index (χ2v) is 4.95. The minimum atomic E-state index is 0.146. The molecular formula is C12H22N2O. The minimum absolute atomic E-state index is 0.146. The lowest BCUT2D eigenvalue weighted by Crippen LogP contribution is -2.55. The van der Waals surface area contributed by atoms with Crippen LogP contribution in [0.1, 0.15) is 44.9 Å². The van der Waals surface area contributed by atoms with Crippen LogP contribution in [-0.2, 0) is 4.79 Å². The molecule has 1 aliphatic carbocycles. The molecule has 2 fully saturated rings. The average Bonchev–Trinajstić information content (AvgIpc) is 2.30. The highest BCUT2D eigenvalue weighted by atomic mass is 16.1. The fourth-order valence-electron chi connectivity index (χ4n) is 3.09. The normalized spacial score (nSPS) is 38.9. The highest BCUT2D eigenvalue weighted by Crippen LogP contribution is 2.27. The van der Waals surface area contributed by atoms with Gasteiger partial charge in [-0.15, -0.1) is 0 Å². The molecule has 2 rings (SSSR count). The molecular weight excluding hydrogens is 188 g/mol. The van der Waals surface area contributed by atoms with Gasteiger partial charge in [0.1, 0.15) is 6.29 Å². The van der Waals surface area contributed by atoms with E-state index >= 15 is 0 Å². The number of rotatable bonds is 2. The Morgan fingerprint density at radius 3 is 2.53 bits per heavy atom. The van der Waals surface area contributed by atoms with Gasteiger partial charge in [-0.25, -0.2) is 0 Å². The van der Waals surface area contributed by atoms with Gasteiger partial charge in [-0.2, -0.15) is 0 Å². The maximum Gasteiger partial charge on any atom is 0.137 e. The van der Waals surface area contributed by atoms with E-state index in [-0.39, 0.29) is 6.04 Å². The number of hydrogen-bond acceptors (Lipinski definition) is 3. The van der Waals surface area contributed by atoms with E-state index in [4.69, 9.17) is 5.73 Å². The zero-order valence-corrected chi connectivity index (χ0v) is 9.40. The Balaban J connectivity index is 2.02. The summed E-state index contributed by atoms with van der Waals surface area (Å²) >= 11 is 0. The van der Waals surface area contributed by atoms with Gasteiger partial charge < -0.3 is 10.5 Å². The lowest BCUT2D eigenvalue weighted by atomic mass is 9.87. The Bertz CT molecular complexity index is 220. The van der Waals surface area contributed by atoms with Gasteiger partial charge in [0.2, 0.25) is 0 Å². The van der Waals surface area contributed by atoms with Crippen molar-refractivity contribution in [2.45, 2.75) is 63.1 Å². The molecule has 15 heavy (non-hydrogen) atoms. The van der Waals surface area contributed by atoms with Crippen molar-refractivity contribution in [3.63, 3.8) is 0 Å². The van der Waals surface area contributed by atoms with Gasteiger partial charge in [0.25, 0.3) is 0 Å². The molecule has 0 spiro atoms. The van der Waals surface area contributed by atoms with E-state index in [1.54, 1.807) is 0 Å². The van der Waals surface area contributed by atoms with E-state index in [0.717, 1.165) is 25.7 Å². The SMILES string of the molecule is NC1CCCCC1N1CCCCC1C=O. The second-order valence-electron chi connectivity index (χ2n) is 4.95. The van der Waals surface area contributed by atoms with E-state index < -0.39 is 0 Å². The molecule has 86 valence electrons. The number of likely N-dealkylation sites (tertiary alicyclic amines) is 1. The third-order valence-corrected chi connectivity index (χ3v) is 3.96. The van der Waals surface area contributed by atoms with Crippen molar-refractivity contribution in [3.8, 4) is 0 Å². The molecule has 2 N–H and O–H groups in total. The van der Waals surface area contributed by atoms with Gasteiger partial charge in [0.05, 0.1) is 6.04 Å². The van der Waals surface area contributed by atoms with Crippen LogP contribution in [0.4, 0.5) is 0 Å². The molecule has 0 aromatic rings. The summed E-state index contributed by atoms with van der Waals surface area (Å²) in [6.07, 6.45) is 9.44. The van der Waals surface area contributed by atoms with Crippen molar-refractivity contribution >= 4 is 6.29 Å². The van der Waals surface area contributed by atoms with Crippen LogP contribution in [0.5, 0.6) is 0 Å². The van der Waals surface area contributed by atoms with E-state index in [0.29, 0.717) is 12.1 Å². The van der Waals surface area contributed by atoms with Gasteiger partial charge in [0, 0.05) is 12.1 Å². The summed E-state index contributed by atoms with van der Waals surface area (Å²) in [4.78, 5) is 13.4. The summed E-state index contributed by atoms with van der Waals surface area (Å²) in [6.45, 7) is 1.07. The fraction of sp³-hybridized carbons (Fsp3) is 0.917. The minimum Gasteiger partial charge on any atom is -0.326 e. The first-order valence-electron chi connectivity index (χ1n) is 6.29. The quantitative estimate of drug-likeness (QED) is 0.699. The molecule has 0 aromatic heterocycles. The fourth-order valence-corrected chi connectivity index (χ4v) is 3.09.